The number of nitriles is 1. The van der Waals surface area contributed by atoms with Crippen LogP contribution in [0.2, 0.25) is 0 Å². The lowest BCUT2D eigenvalue weighted by Gasteiger charge is -2.13. The lowest BCUT2D eigenvalue weighted by molar-refractivity contribution is 0.209. The molecular weight excluding hydrogens is 317 g/mol. The summed E-state index contributed by atoms with van der Waals surface area (Å²) in [5, 5.41) is 19.9. The summed E-state index contributed by atoms with van der Waals surface area (Å²) in [6.45, 7) is 0. The normalized spacial score (nSPS) is 10.3. The second kappa shape index (κ2) is 5.77. The van der Waals surface area contributed by atoms with Crippen molar-refractivity contribution in [2.75, 3.05) is 5.32 Å². The Morgan fingerprint density at radius 1 is 1.42 bits per heavy atom. The van der Waals surface area contributed by atoms with Gasteiger partial charge in [-0.15, -0.1) is 0 Å². The van der Waals surface area contributed by atoms with Crippen LogP contribution in [0.3, 0.4) is 0 Å². The number of rotatable bonds is 2. The Labute approximate surface area is 133 Å². The van der Waals surface area contributed by atoms with Crippen LogP contribution in [0, 0.1) is 17.1 Å². The molecule has 3 rings (SSSR count). The molecule has 1 amide bonds. The summed E-state index contributed by atoms with van der Waals surface area (Å²) in [5.41, 5.74) is -0.752. The predicted molar refractivity (Wildman–Crippen MR) is 81.5 cm³/mol. The first-order valence-electron chi connectivity index (χ1n) is 6.58. The molecule has 118 valence electrons. The zero-order chi connectivity index (χ0) is 17.3. The zero-order valence-corrected chi connectivity index (χ0v) is 11.9. The van der Waals surface area contributed by atoms with Crippen LogP contribution < -0.4 is 10.9 Å². The van der Waals surface area contributed by atoms with Crippen molar-refractivity contribution in [2.24, 2.45) is 0 Å². The number of carbonyl (C=O) groups is 1. The molecular formula is C15H8FN5O3. The molecule has 0 spiro atoms. The zero-order valence-electron chi connectivity index (χ0n) is 11.9. The number of aromatic nitrogens is 3. The standard InChI is InChI=1S/C15H8FN5O3/c16-9-4-8(6-17)12-11(5-9)13(22)21(10-2-1-3-18-7-10)14(19-12)20-15(23)24/h1-5,7H,(H,19,20)(H,23,24). The first-order chi connectivity index (χ1) is 11.5. The van der Waals surface area contributed by atoms with Gasteiger partial charge in [0.25, 0.3) is 5.56 Å². The maximum Gasteiger partial charge on any atom is 0.411 e. The molecule has 0 saturated heterocycles. The van der Waals surface area contributed by atoms with Crippen LogP contribution in [-0.4, -0.2) is 25.7 Å². The van der Waals surface area contributed by atoms with Gasteiger partial charge in [-0.2, -0.15) is 5.26 Å². The fourth-order valence-electron chi connectivity index (χ4n) is 2.25. The Bertz CT molecular complexity index is 1060. The Balaban J connectivity index is 2.46. The summed E-state index contributed by atoms with van der Waals surface area (Å²) in [4.78, 5) is 31.6. The van der Waals surface area contributed by atoms with E-state index in [1.165, 1.54) is 18.5 Å². The molecule has 2 heterocycles. The van der Waals surface area contributed by atoms with Gasteiger partial charge in [0.2, 0.25) is 5.95 Å². The molecule has 2 aromatic heterocycles. The first-order valence-corrected chi connectivity index (χ1v) is 6.58. The average Bonchev–Trinajstić information content (AvgIpc) is 2.55. The van der Waals surface area contributed by atoms with Gasteiger partial charge in [0.15, 0.2) is 0 Å². The van der Waals surface area contributed by atoms with Gasteiger partial charge >= 0.3 is 6.09 Å². The molecule has 0 aliphatic carbocycles. The van der Waals surface area contributed by atoms with Crippen molar-refractivity contribution in [3.05, 3.63) is 58.4 Å². The van der Waals surface area contributed by atoms with Gasteiger partial charge in [-0.3, -0.25) is 15.1 Å². The fourth-order valence-corrected chi connectivity index (χ4v) is 2.25. The molecule has 3 aromatic rings. The van der Waals surface area contributed by atoms with Crippen molar-refractivity contribution in [3.63, 3.8) is 0 Å². The number of pyridine rings is 1. The number of fused-ring (bicyclic) bond motifs is 1. The molecule has 8 nitrogen and oxygen atoms in total. The van der Waals surface area contributed by atoms with Crippen LogP contribution >= 0.6 is 0 Å². The van der Waals surface area contributed by atoms with Crippen LogP contribution in [0.15, 0.2) is 41.5 Å². The summed E-state index contributed by atoms with van der Waals surface area (Å²) in [6.07, 6.45) is 1.35. The largest absolute Gasteiger partial charge is 0.465 e. The quantitative estimate of drug-likeness (QED) is 0.742. The van der Waals surface area contributed by atoms with Gasteiger partial charge in [-0.25, -0.2) is 18.7 Å². The molecule has 0 atom stereocenters. The number of carboxylic acid groups (broad SMARTS) is 1. The highest BCUT2D eigenvalue weighted by Gasteiger charge is 2.17. The molecule has 9 heteroatoms. The van der Waals surface area contributed by atoms with Crippen LogP contribution in [0.4, 0.5) is 15.1 Å². The van der Waals surface area contributed by atoms with E-state index in [0.717, 1.165) is 16.7 Å². The minimum Gasteiger partial charge on any atom is -0.465 e. The van der Waals surface area contributed by atoms with E-state index in [0.29, 0.717) is 0 Å². The SMILES string of the molecule is N#Cc1cc(F)cc2c(=O)n(-c3cccnc3)c(NC(=O)O)nc12. The van der Waals surface area contributed by atoms with E-state index < -0.39 is 17.5 Å². The van der Waals surface area contributed by atoms with E-state index >= 15 is 0 Å². The maximum atomic E-state index is 13.7. The third-order valence-electron chi connectivity index (χ3n) is 3.18. The Hall–Kier alpha value is -3.80. The molecule has 0 saturated carbocycles. The van der Waals surface area contributed by atoms with Crippen molar-refractivity contribution >= 4 is 22.9 Å². The smallest absolute Gasteiger partial charge is 0.411 e. The Morgan fingerprint density at radius 3 is 2.83 bits per heavy atom. The van der Waals surface area contributed by atoms with Gasteiger partial charge in [-0.05, 0) is 24.3 Å². The molecule has 0 bridgehead atoms. The highest BCUT2D eigenvalue weighted by molar-refractivity contribution is 5.87. The number of nitrogens with one attached hydrogen (secondary N) is 1. The minimum absolute atomic E-state index is 0.0900. The number of anilines is 1. The highest BCUT2D eigenvalue weighted by atomic mass is 19.1. The Kier molecular flexibility index (Phi) is 3.63. The summed E-state index contributed by atoms with van der Waals surface area (Å²) in [6, 6.07) is 6.67. The third kappa shape index (κ3) is 2.52. The second-order valence-electron chi connectivity index (χ2n) is 4.68. The summed E-state index contributed by atoms with van der Waals surface area (Å²) in [7, 11) is 0. The number of benzene rings is 1. The third-order valence-corrected chi connectivity index (χ3v) is 3.18. The van der Waals surface area contributed by atoms with Gasteiger partial charge in [0, 0.05) is 6.20 Å². The summed E-state index contributed by atoms with van der Waals surface area (Å²) >= 11 is 0. The summed E-state index contributed by atoms with van der Waals surface area (Å²) in [5.74, 6) is -1.09. The average molecular weight is 325 g/mol. The van der Waals surface area contributed by atoms with Crippen LogP contribution in [0.5, 0.6) is 0 Å². The van der Waals surface area contributed by atoms with Gasteiger partial charge in [0.1, 0.15) is 11.9 Å². The van der Waals surface area contributed by atoms with E-state index in [2.05, 4.69) is 9.97 Å². The topological polar surface area (TPSA) is 121 Å². The molecule has 0 aliphatic heterocycles. The molecule has 0 radical (unpaired) electrons. The molecule has 1 aromatic carbocycles. The van der Waals surface area contributed by atoms with Gasteiger partial charge in [-0.1, -0.05) is 0 Å². The van der Waals surface area contributed by atoms with Crippen molar-refractivity contribution < 1.29 is 14.3 Å². The second-order valence-corrected chi connectivity index (χ2v) is 4.68. The lowest BCUT2D eigenvalue weighted by atomic mass is 10.1. The van der Waals surface area contributed by atoms with Crippen molar-refractivity contribution in [1.82, 2.24) is 14.5 Å². The van der Waals surface area contributed by atoms with Crippen molar-refractivity contribution in [3.8, 4) is 11.8 Å². The van der Waals surface area contributed by atoms with Gasteiger partial charge < -0.3 is 5.11 Å². The minimum atomic E-state index is -1.44. The van der Waals surface area contributed by atoms with Crippen LogP contribution in [0.25, 0.3) is 16.6 Å². The fraction of sp³-hybridized carbons (Fsp3) is 0. The molecule has 0 fully saturated rings. The number of hydrogen-bond donors (Lipinski definition) is 2. The van der Waals surface area contributed by atoms with E-state index in [4.69, 9.17) is 10.4 Å². The number of amides is 1. The maximum absolute atomic E-state index is 13.7. The Morgan fingerprint density at radius 2 is 2.21 bits per heavy atom. The number of hydrogen-bond acceptors (Lipinski definition) is 5. The van der Waals surface area contributed by atoms with E-state index in [1.807, 2.05) is 5.32 Å². The summed E-state index contributed by atoms with van der Waals surface area (Å²) < 4.78 is 14.6. The number of halogens is 1. The van der Waals surface area contributed by atoms with E-state index in [9.17, 15) is 14.0 Å². The van der Waals surface area contributed by atoms with Crippen molar-refractivity contribution in [2.45, 2.75) is 0 Å². The molecule has 24 heavy (non-hydrogen) atoms. The van der Waals surface area contributed by atoms with Gasteiger partial charge in [0.05, 0.1) is 28.4 Å². The lowest BCUT2D eigenvalue weighted by Crippen LogP contribution is -2.26. The first kappa shape index (κ1) is 15.1. The predicted octanol–water partition coefficient (Wildman–Crippen LogP) is 1.88. The van der Waals surface area contributed by atoms with E-state index in [1.54, 1.807) is 12.1 Å². The highest BCUT2D eigenvalue weighted by Crippen LogP contribution is 2.20. The monoisotopic (exact) mass is 325 g/mol. The number of nitrogens with zero attached hydrogens (tertiary/aromatic N) is 4. The van der Waals surface area contributed by atoms with Crippen molar-refractivity contribution in [1.29, 1.82) is 5.26 Å². The molecule has 0 aliphatic rings. The van der Waals surface area contributed by atoms with E-state index in [-0.39, 0.29) is 28.1 Å². The van der Waals surface area contributed by atoms with Crippen LogP contribution in [0.1, 0.15) is 5.56 Å². The molecule has 0 unspecified atom stereocenters. The molecule has 2 N–H and O–H groups in total. The van der Waals surface area contributed by atoms with Crippen LogP contribution in [-0.2, 0) is 0 Å².